The first kappa shape index (κ1) is 14.3. The number of carbonyl (C=O) groups is 1. The number of hydrogen-bond donors (Lipinski definition) is 2. The molecule has 2 rings (SSSR count). The molecule has 0 radical (unpaired) electrons. The maximum atomic E-state index is 12.4. The number of hydrogen-bond acceptors (Lipinski definition) is 3. The maximum absolute atomic E-state index is 12.4. The van der Waals surface area contributed by atoms with Crippen LogP contribution in [-0.4, -0.2) is 17.2 Å². The van der Waals surface area contributed by atoms with Crippen LogP contribution in [0.4, 0.5) is 5.69 Å². The summed E-state index contributed by atoms with van der Waals surface area (Å²) in [7, 11) is 0. The standard InChI is InChI=1S/C14H18N2OS2/c1-9-7-14(8-9,12(15)18)13(17)16-10-4-3-5-11(6-10)19-2/h3-6,9H,7-8H2,1-2H3,(H2,15,18)(H,16,17). The minimum Gasteiger partial charge on any atom is -0.392 e. The SMILES string of the molecule is CSc1cccc(NC(=O)C2(C(N)=S)CC(C)C2)c1. The highest BCUT2D eigenvalue weighted by Crippen LogP contribution is 2.46. The molecule has 1 fully saturated rings. The van der Waals surface area contributed by atoms with Crippen molar-refractivity contribution in [3.8, 4) is 0 Å². The lowest BCUT2D eigenvalue weighted by Crippen LogP contribution is -2.53. The number of nitrogens with one attached hydrogen (secondary N) is 1. The van der Waals surface area contributed by atoms with Gasteiger partial charge < -0.3 is 11.1 Å². The van der Waals surface area contributed by atoms with E-state index in [9.17, 15) is 4.79 Å². The van der Waals surface area contributed by atoms with E-state index in [1.165, 1.54) is 0 Å². The summed E-state index contributed by atoms with van der Waals surface area (Å²) in [5, 5.41) is 2.94. The predicted octanol–water partition coefficient (Wildman–Crippen LogP) is 3.05. The summed E-state index contributed by atoms with van der Waals surface area (Å²) in [5.41, 5.74) is 5.92. The van der Waals surface area contributed by atoms with Crippen LogP contribution in [0.3, 0.4) is 0 Å². The van der Waals surface area contributed by atoms with Crippen molar-refractivity contribution in [2.45, 2.75) is 24.7 Å². The van der Waals surface area contributed by atoms with Crippen molar-refractivity contribution >= 4 is 40.6 Å². The second-order valence-electron chi connectivity index (χ2n) is 5.15. The Morgan fingerprint density at radius 1 is 1.53 bits per heavy atom. The fourth-order valence-corrected chi connectivity index (χ4v) is 3.30. The highest BCUT2D eigenvalue weighted by molar-refractivity contribution is 7.98. The van der Waals surface area contributed by atoms with Crippen molar-refractivity contribution in [2.75, 3.05) is 11.6 Å². The van der Waals surface area contributed by atoms with Gasteiger partial charge in [0.05, 0.1) is 10.4 Å². The number of thiocarbonyl (C=S) groups is 1. The Kier molecular flexibility index (Phi) is 4.16. The van der Waals surface area contributed by atoms with E-state index in [4.69, 9.17) is 18.0 Å². The molecular formula is C14H18N2OS2. The van der Waals surface area contributed by atoms with E-state index in [-0.39, 0.29) is 5.91 Å². The molecule has 3 N–H and O–H groups in total. The molecule has 0 saturated heterocycles. The lowest BCUT2D eigenvalue weighted by molar-refractivity contribution is -0.127. The van der Waals surface area contributed by atoms with Gasteiger partial charge in [-0.2, -0.15) is 0 Å². The predicted molar refractivity (Wildman–Crippen MR) is 84.5 cm³/mol. The van der Waals surface area contributed by atoms with E-state index >= 15 is 0 Å². The highest BCUT2D eigenvalue weighted by Gasteiger charge is 2.50. The molecule has 1 aromatic carbocycles. The van der Waals surface area contributed by atoms with Gasteiger partial charge in [-0.1, -0.05) is 25.2 Å². The summed E-state index contributed by atoms with van der Waals surface area (Å²) in [6.45, 7) is 2.11. The molecular weight excluding hydrogens is 276 g/mol. The summed E-state index contributed by atoms with van der Waals surface area (Å²) in [4.78, 5) is 13.8. The summed E-state index contributed by atoms with van der Waals surface area (Å²) in [5.74, 6) is 0.432. The van der Waals surface area contributed by atoms with Gasteiger partial charge in [0, 0.05) is 10.6 Å². The van der Waals surface area contributed by atoms with E-state index in [1.807, 2.05) is 30.5 Å². The number of amides is 1. The Morgan fingerprint density at radius 3 is 2.74 bits per heavy atom. The van der Waals surface area contributed by atoms with Gasteiger partial charge >= 0.3 is 0 Å². The second kappa shape index (κ2) is 5.51. The molecule has 0 atom stereocenters. The van der Waals surface area contributed by atoms with Crippen LogP contribution in [0.2, 0.25) is 0 Å². The zero-order chi connectivity index (χ0) is 14.0. The molecule has 19 heavy (non-hydrogen) atoms. The molecule has 1 aliphatic carbocycles. The molecule has 3 nitrogen and oxygen atoms in total. The molecule has 1 saturated carbocycles. The first-order valence-electron chi connectivity index (χ1n) is 6.23. The third-order valence-electron chi connectivity index (χ3n) is 3.63. The lowest BCUT2D eigenvalue weighted by atomic mass is 9.62. The number of nitrogens with two attached hydrogens (primary N) is 1. The molecule has 1 aromatic rings. The molecule has 0 bridgehead atoms. The summed E-state index contributed by atoms with van der Waals surface area (Å²) in [6.07, 6.45) is 3.50. The Labute approximate surface area is 123 Å². The Hall–Kier alpha value is -1.07. The van der Waals surface area contributed by atoms with E-state index in [0.29, 0.717) is 10.9 Å². The average Bonchev–Trinajstić information content (AvgIpc) is 2.34. The molecule has 0 aromatic heterocycles. The van der Waals surface area contributed by atoms with Crippen LogP contribution in [0, 0.1) is 11.3 Å². The van der Waals surface area contributed by atoms with Gasteiger partial charge in [-0.15, -0.1) is 11.8 Å². The minimum absolute atomic E-state index is 0.0728. The van der Waals surface area contributed by atoms with Crippen molar-refractivity contribution in [1.29, 1.82) is 0 Å². The fraction of sp³-hybridized carbons (Fsp3) is 0.429. The van der Waals surface area contributed by atoms with E-state index in [0.717, 1.165) is 23.4 Å². The van der Waals surface area contributed by atoms with Gasteiger partial charge in [0.15, 0.2) is 0 Å². The van der Waals surface area contributed by atoms with Gasteiger partial charge in [0.25, 0.3) is 0 Å². The van der Waals surface area contributed by atoms with E-state index in [1.54, 1.807) is 11.8 Å². The highest BCUT2D eigenvalue weighted by atomic mass is 32.2. The van der Waals surface area contributed by atoms with Crippen LogP contribution in [0.1, 0.15) is 19.8 Å². The number of carbonyl (C=O) groups excluding carboxylic acids is 1. The molecule has 0 spiro atoms. The van der Waals surface area contributed by atoms with Gasteiger partial charge in [-0.3, -0.25) is 4.79 Å². The molecule has 0 aliphatic heterocycles. The van der Waals surface area contributed by atoms with Gasteiger partial charge in [0.1, 0.15) is 0 Å². The normalized spacial score (nSPS) is 25.5. The van der Waals surface area contributed by atoms with E-state index < -0.39 is 5.41 Å². The van der Waals surface area contributed by atoms with Crippen LogP contribution in [0.25, 0.3) is 0 Å². The third kappa shape index (κ3) is 2.77. The number of thioether (sulfide) groups is 1. The zero-order valence-electron chi connectivity index (χ0n) is 11.1. The quantitative estimate of drug-likeness (QED) is 0.662. The average molecular weight is 294 g/mol. The first-order valence-corrected chi connectivity index (χ1v) is 7.86. The third-order valence-corrected chi connectivity index (χ3v) is 4.74. The number of anilines is 1. The van der Waals surface area contributed by atoms with Crippen LogP contribution in [0.15, 0.2) is 29.2 Å². The molecule has 5 heteroatoms. The van der Waals surface area contributed by atoms with Crippen LogP contribution >= 0.6 is 24.0 Å². The van der Waals surface area contributed by atoms with Crippen molar-refractivity contribution in [1.82, 2.24) is 0 Å². The van der Waals surface area contributed by atoms with Crippen molar-refractivity contribution < 1.29 is 4.79 Å². The summed E-state index contributed by atoms with van der Waals surface area (Å²) >= 11 is 6.73. The number of rotatable bonds is 4. The van der Waals surface area contributed by atoms with Crippen molar-refractivity contribution in [2.24, 2.45) is 17.1 Å². The topological polar surface area (TPSA) is 55.1 Å². The smallest absolute Gasteiger partial charge is 0.237 e. The van der Waals surface area contributed by atoms with Crippen LogP contribution in [-0.2, 0) is 4.79 Å². The van der Waals surface area contributed by atoms with Crippen LogP contribution in [0.5, 0.6) is 0 Å². The van der Waals surface area contributed by atoms with Crippen LogP contribution < -0.4 is 11.1 Å². The van der Waals surface area contributed by atoms with Gasteiger partial charge in [-0.25, -0.2) is 0 Å². The maximum Gasteiger partial charge on any atom is 0.237 e. The lowest BCUT2D eigenvalue weighted by Gasteiger charge is -2.44. The zero-order valence-corrected chi connectivity index (χ0v) is 12.7. The largest absolute Gasteiger partial charge is 0.392 e. The van der Waals surface area contributed by atoms with Gasteiger partial charge in [0.2, 0.25) is 5.91 Å². The molecule has 0 heterocycles. The molecule has 102 valence electrons. The summed E-state index contributed by atoms with van der Waals surface area (Å²) in [6, 6.07) is 7.78. The van der Waals surface area contributed by atoms with Crippen molar-refractivity contribution in [3.63, 3.8) is 0 Å². The Bertz CT molecular complexity index is 510. The van der Waals surface area contributed by atoms with Crippen molar-refractivity contribution in [3.05, 3.63) is 24.3 Å². The number of benzene rings is 1. The minimum atomic E-state index is -0.649. The Morgan fingerprint density at radius 2 is 2.21 bits per heavy atom. The monoisotopic (exact) mass is 294 g/mol. The van der Waals surface area contributed by atoms with Gasteiger partial charge in [-0.05, 0) is 43.2 Å². The molecule has 1 aliphatic rings. The second-order valence-corrected chi connectivity index (χ2v) is 6.47. The first-order chi connectivity index (χ1) is 8.98. The summed E-state index contributed by atoms with van der Waals surface area (Å²) < 4.78 is 0. The van der Waals surface area contributed by atoms with E-state index in [2.05, 4.69) is 12.2 Å². The molecule has 1 amide bonds. The Balaban J connectivity index is 2.14. The fourth-order valence-electron chi connectivity index (χ4n) is 2.58. The molecule has 0 unspecified atom stereocenters.